The first kappa shape index (κ1) is 21.8. The van der Waals surface area contributed by atoms with E-state index in [1.54, 1.807) is 4.68 Å². The molecule has 1 aliphatic heterocycles. The van der Waals surface area contributed by atoms with Crippen molar-refractivity contribution in [2.45, 2.75) is 47.1 Å². The highest BCUT2D eigenvalue weighted by Crippen LogP contribution is 2.22. The van der Waals surface area contributed by atoms with Crippen molar-refractivity contribution in [2.24, 2.45) is 11.8 Å². The Kier molecular flexibility index (Phi) is 7.36. The normalized spacial score (nSPS) is 20.0. The number of likely N-dealkylation sites (tertiary alicyclic amines) is 1. The van der Waals surface area contributed by atoms with Gasteiger partial charge in [-0.15, -0.1) is 0 Å². The number of hydrogen-bond donors (Lipinski definition) is 1. The molecule has 1 N–H and O–H groups in total. The average Bonchev–Trinajstić information content (AvgIpc) is 2.93. The van der Waals surface area contributed by atoms with Gasteiger partial charge in [-0.05, 0) is 50.6 Å². The summed E-state index contributed by atoms with van der Waals surface area (Å²) in [4.78, 5) is 15.2. The first-order chi connectivity index (χ1) is 13.8. The molecule has 1 aliphatic rings. The number of hydrogen-bond acceptors (Lipinski definition) is 3. The monoisotopic (exact) mass is 416 g/mol. The lowest BCUT2D eigenvalue weighted by Crippen LogP contribution is -2.40. The lowest BCUT2D eigenvalue weighted by atomic mass is 9.92. The highest BCUT2D eigenvalue weighted by atomic mass is 35.5. The van der Waals surface area contributed by atoms with E-state index >= 15 is 0 Å². The van der Waals surface area contributed by atoms with Gasteiger partial charge in [0.2, 0.25) is 0 Å². The summed E-state index contributed by atoms with van der Waals surface area (Å²) in [6, 6.07) is 8.25. The maximum Gasteiger partial charge on any atom is 0.256 e. The van der Waals surface area contributed by atoms with Crippen LogP contribution in [-0.2, 0) is 6.54 Å². The van der Waals surface area contributed by atoms with Crippen molar-refractivity contribution < 1.29 is 4.79 Å². The first-order valence-electron chi connectivity index (χ1n) is 10.6. The van der Waals surface area contributed by atoms with Crippen molar-refractivity contribution in [2.75, 3.05) is 26.2 Å². The summed E-state index contributed by atoms with van der Waals surface area (Å²) >= 11 is 6.50. The number of aromatic nitrogens is 2. The minimum atomic E-state index is -0.136. The Morgan fingerprint density at radius 1 is 1.17 bits per heavy atom. The van der Waals surface area contributed by atoms with Gasteiger partial charge in [-0.2, -0.15) is 5.10 Å². The van der Waals surface area contributed by atoms with Gasteiger partial charge in [-0.3, -0.25) is 4.79 Å². The molecule has 1 fully saturated rings. The molecule has 0 bridgehead atoms. The molecule has 5 nitrogen and oxygen atoms in total. The topological polar surface area (TPSA) is 50.2 Å². The molecule has 1 saturated heterocycles. The van der Waals surface area contributed by atoms with Crippen molar-refractivity contribution in [3.63, 3.8) is 0 Å². The molecule has 0 saturated carbocycles. The van der Waals surface area contributed by atoms with Gasteiger partial charge in [-0.1, -0.05) is 55.3 Å². The van der Waals surface area contributed by atoms with Crippen LogP contribution in [0.15, 0.2) is 24.3 Å². The van der Waals surface area contributed by atoms with E-state index in [0.29, 0.717) is 29.5 Å². The second-order valence-electron chi connectivity index (χ2n) is 8.71. The van der Waals surface area contributed by atoms with Gasteiger partial charge in [0, 0.05) is 19.6 Å². The molecule has 3 rings (SSSR count). The number of carbonyl (C=O) groups excluding carboxylic acids is 1. The fourth-order valence-electron chi connectivity index (χ4n) is 4.35. The number of amides is 1. The summed E-state index contributed by atoms with van der Waals surface area (Å²) in [6.07, 6.45) is 2.26. The Morgan fingerprint density at radius 3 is 2.48 bits per heavy atom. The summed E-state index contributed by atoms with van der Waals surface area (Å²) in [7, 11) is 0. The summed E-state index contributed by atoms with van der Waals surface area (Å²) in [6.45, 7) is 13.1. The third-order valence-electron chi connectivity index (χ3n) is 5.63. The van der Waals surface area contributed by atoms with Crippen molar-refractivity contribution in [1.82, 2.24) is 20.0 Å². The minimum Gasteiger partial charge on any atom is -0.352 e. The molecule has 0 aliphatic carbocycles. The third kappa shape index (κ3) is 5.83. The van der Waals surface area contributed by atoms with Crippen LogP contribution in [0.1, 0.15) is 53.9 Å². The van der Waals surface area contributed by atoms with E-state index in [2.05, 4.69) is 60.4 Å². The number of aryl methyl sites for hydroxylation is 2. The predicted molar refractivity (Wildman–Crippen MR) is 119 cm³/mol. The first-order valence-corrected chi connectivity index (χ1v) is 11.0. The molecule has 2 unspecified atom stereocenters. The molecule has 0 radical (unpaired) electrons. The zero-order valence-corrected chi connectivity index (χ0v) is 18.8. The molecule has 1 aromatic carbocycles. The Hall–Kier alpha value is -1.85. The number of nitrogens with zero attached hydrogens (tertiary/aromatic N) is 3. The van der Waals surface area contributed by atoms with Crippen LogP contribution in [0.3, 0.4) is 0 Å². The van der Waals surface area contributed by atoms with Crippen LogP contribution in [0.2, 0.25) is 5.15 Å². The van der Waals surface area contributed by atoms with E-state index < -0.39 is 0 Å². The van der Waals surface area contributed by atoms with Crippen molar-refractivity contribution in [3.05, 3.63) is 51.8 Å². The highest BCUT2D eigenvalue weighted by Gasteiger charge is 2.22. The van der Waals surface area contributed by atoms with Crippen LogP contribution in [0, 0.1) is 25.7 Å². The Bertz CT molecular complexity index is 820. The van der Waals surface area contributed by atoms with Crippen LogP contribution in [0.4, 0.5) is 0 Å². The molecule has 6 heteroatoms. The molecule has 2 atom stereocenters. The largest absolute Gasteiger partial charge is 0.352 e. The number of carbonyl (C=O) groups is 1. The molecular weight excluding hydrogens is 384 g/mol. The van der Waals surface area contributed by atoms with E-state index in [4.69, 9.17) is 11.6 Å². The average molecular weight is 417 g/mol. The fourth-order valence-corrected chi connectivity index (χ4v) is 4.67. The lowest BCUT2D eigenvalue weighted by Gasteiger charge is -2.34. The van der Waals surface area contributed by atoms with Gasteiger partial charge in [-0.25, -0.2) is 4.68 Å². The van der Waals surface area contributed by atoms with E-state index in [0.717, 1.165) is 43.5 Å². The van der Waals surface area contributed by atoms with Gasteiger partial charge in [0.15, 0.2) is 0 Å². The molecule has 1 amide bonds. The van der Waals surface area contributed by atoms with Crippen LogP contribution in [0.25, 0.3) is 0 Å². The fraction of sp³-hybridized carbons (Fsp3) is 0.565. The van der Waals surface area contributed by atoms with E-state index in [-0.39, 0.29) is 5.91 Å². The van der Waals surface area contributed by atoms with Gasteiger partial charge in [0.1, 0.15) is 5.15 Å². The molecule has 2 aromatic rings. The second kappa shape index (κ2) is 9.77. The molecular formula is C23H33ClN4O. The van der Waals surface area contributed by atoms with Crippen molar-refractivity contribution in [3.8, 4) is 0 Å². The van der Waals surface area contributed by atoms with Gasteiger partial charge in [0.25, 0.3) is 5.91 Å². The summed E-state index contributed by atoms with van der Waals surface area (Å²) in [5, 5.41) is 7.91. The molecule has 0 spiro atoms. The predicted octanol–water partition coefficient (Wildman–Crippen LogP) is 4.30. The quantitative estimate of drug-likeness (QED) is 0.684. The van der Waals surface area contributed by atoms with Gasteiger partial charge < -0.3 is 10.2 Å². The van der Waals surface area contributed by atoms with Gasteiger partial charge >= 0.3 is 0 Å². The summed E-state index contributed by atoms with van der Waals surface area (Å²) < 4.78 is 1.70. The van der Waals surface area contributed by atoms with Gasteiger partial charge in [0.05, 0.1) is 17.8 Å². The maximum atomic E-state index is 12.7. The van der Waals surface area contributed by atoms with Crippen molar-refractivity contribution >= 4 is 17.5 Å². The molecule has 158 valence electrons. The zero-order valence-electron chi connectivity index (χ0n) is 18.0. The molecule has 29 heavy (non-hydrogen) atoms. The second-order valence-corrected chi connectivity index (χ2v) is 9.07. The Balaban J connectivity index is 1.52. The third-order valence-corrected chi connectivity index (χ3v) is 6.01. The summed E-state index contributed by atoms with van der Waals surface area (Å²) in [5.41, 5.74) is 3.47. The van der Waals surface area contributed by atoms with Crippen LogP contribution in [-0.4, -0.2) is 46.8 Å². The van der Waals surface area contributed by atoms with Crippen LogP contribution < -0.4 is 5.32 Å². The van der Waals surface area contributed by atoms with Crippen LogP contribution in [0.5, 0.6) is 0 Å². The lowest BCUT2D eigenvalue weighted by molar-refractivity contribution is 0.0947. The number of halogens is 1. The Labute approximate surface area is 179 Å². The summed E-state index contributed by atoms with van der Waals surface area (Å²) in [5.74, 6) is 1.38. The smallest absolute Gasteiger partial charge is 0.256 e. The number of piperidine rings is 1. The zero-order chi connectivity index (χ0) is 21.0. The van der Waals surface area contributed by atoms with Crippen LogP contribution >= 0.6 is 11.6 Å². The van der Waals surface area contributed by atoms with E-state index in [1.807, 2.05) is 6.92 Å². The standard InChI is InChI=1S/C23H33ClN4O/c1-16-6-8-20(9-7-16)15-28-22(24)21(19(4)26-28)23(29)25-10-5-11-27-13-17(2)12-18(3)14-27/h6-9,17-18H,5,10-15H2,1-4H3,(H,25,29). The minimum absolute atomic E-state index is 0.136. The number of benzene rings is 1. The van der Waals surface area contributed by atoms with E-state index in [1.165, 1.54) is 12.0 Å². The van der Waals surface area contributed by atoms with Crippen molar-refractivity contribution in [1.29, 1.82) is 0 Å². The maximum absolute atomic E-state index is 12.7. The van der Waals surface area contributed by atoms with E-state index in [9.17, 15) is 4.79 Å². The SMILES string of the molecule is Cc1ccc(Cn2nc(C)c(C(=O)NCCCN3CC(C)CC(C)C3)c2Cl)cc1. The molecule has 2 heterocycles. The Morgan fingerprint density at radius 2 is 1.83 bits per heavy atom. The number of rotatable bonds is 7. The highest BCUT2D eigenvalue weighted by molar-refractivity contribution is 6.33. The number of nitrogens with one attached hydrogen (secondary N) is 1. The molecule has 1 aromatic heterocycles.